The van der Waals surface area contributed by atoms with Gasteiger partial charge in [0.05, 0.1) is 19.6 Å². The van der Waals surface area contributed by atoms with Crippen LogP contribution in [-0.2, 0) is 9.59 Å². The second-order valence-electron chi connectivity index (χ2n) is 7.91. The van der Waals surface area contributed by atoms with Crippen molar-refractivity contribution in [2.75, 3.05) is 32.1 Å². The molecule has 1 fully saturated rings. The van der Waals surface area contributed by atoms with Crippen molar-refractivity contribution in [1.29, 1.82) is 0 Å². The molecule has 7 heteroatoms. The lowest BCUT2D eigenvalue weighted by Gasteiger charge is -2.32. The zero-order chi connectivity index (χ0) is 22.9. The van der Waals surface area contributed by atoms with Crippen LogP contribution in [0.15, 0.2) is 48.5 Å². The van der Waals surface area contributed by atoms with E-state index in [2.05, 4.69) is 5.32 Å². The number of hydrogen-bond acceptors (Lipinski definition) is 5. The van der Waals surface area contributed by atoms with Gasteiger partial charge < -0.3 is 19.7 Å². The first kappa shape index (κ1) is 23.3. The van der Waals surface area contributed by atoms with Crippen LogP contribution in [0.2, 0.25) is 0 Å². The zero-order valence-corrected chi connectivity index (χ0v) is 18.6. The smallest absolute Gasteiger partial charge is 0.229 e. The minimum Gasteiger partial charge on any atom is -0.493 e. The molecule has 1 saturated heterocycles. The van der Waals surface area contributed by atoms with E-state index in [0.717, 1.165) is 18.5 Å². The lowest BCUT2D eigenvalue weighted by atomic mass is 9.96. The number of nitrogens with one attached hydrogen (secondary N) is 1. The highest BCUT2D eigenvalue weighted by Crippen LogP contribution is 2.28. The Labute approximate surface area is 188 Å². The molecule has 0 saturated carbocycles. The molecule has 0 aliphatic carbocycles. The maximum Gasteiger partial charge on any atom is 0.229 e. The number of Topliss-reactive ketones (excluding diaryl/α,β-unsaturated/α-hetero) is 1. The van der Waals surface area contributed by atoms with Crippen molar-refractivity contribution in [3.8, 4) is 11.5 Å². The maximum atomic E-state index is 12.7. The number of likely N-dealkylation sites (tertiary alicyclic amines) is 1. The Morgan fingerprint density at radius 3 is 2.59 bits per heavy atom. The summed E-state index contributed by atoms with van der Waals surface area (Å²) in [4.78, 5) is 38.5. The minimum atomic E-state index is -0.201. The first-order chi connectivity index (χ1) is 15.5. The number of benzene rings is 2. The monoisotopic (exact) mass is 438 g/mol. The largest absolute Gasteiger partial charge is 0.493 e. The Hall–Kier alpha value is -3.35. The maximum absolute atomic E-state index is 12.7. The number of para-hydroxylation sites is 1. The van der Waals surface area contributed by atoms with Gasteiger partial charge in [-0.15, -0.1) is 0 Å². The number of nitrogens with zero attached hydrogens (tertiary/aromatic N) is 1. The number of anilines is 1. The van der Waals surface area contributed by atoms with Crippen molar-refractivity contribution in [2.45, 2.75) is 32.6 Å². The van der Waals surface area contributed by atoms with Crippen molar-refractivity contribution in [3.63, 3.8) is 0 Å². The van der Waals surface area contributed by atoms with Gasteiger partial charge in [0.1, 0.15) is 0 Å². The summed E-state index contributed by atoms with van der Waals surface area (Å²) in [6.07, 6.45) is 2.49. The van der Waals surface area contributed by atoms with Crippen LogP contribution in [0.25, 0.3) is 0 Å². The average molecular weight is 439 g/mol. The Kier molecular flexibility index (Phi) is 8.25. The molecular weight excluding hydrogens is 408 g/mol. The van der Waals surface area contributed by atoms with E-state index in [0.29, 0.717) is 49.6 Å². The molecular formula is C25H30N2O5. The van der Waals surface area contributed by atoms with Crippen LogP contribution in [0.1, 0.15) is 43.0 Å². The van der Waals surface area contributed by atoms with Gasteiger partial charge in [0.15, 0.2) is 17.3 Å². The molecule has 7 nitrogen and oxygen atoms in total. The van der Waals surface area contributed by atoms with E-state index in [-0.39, 0.29) is 23.5 Å². The molecule has 3 rings (SSSR count). The van der Waals surface area contributed by atoms with Crippen molar-refractivity contribution in [1.82, 2.24) is 4.90 Å². The lowest BCUT2D eigenvalue weighted by Crippen LogP contribution is -2.43. The third kappa shape index (κ3) is 6.33. The van der Waals surface area contributed by atoms with E-state index >= 15 is 0 Å². The summed E-state index contributed by atoms with van der Waals surface area (Å²) in [5, 5.41) is 2.93. The van der Waals surface area contributed by atoms with Crippen LogP contribution in [0.4, 0.5) is 5.69 Å². The van der Waals surface area contributed by atoms with Gasteiger partial charge in [-0.1, -0.05) is 18.2 Å². The molecule has 1 aliphatic rings. The summed E-state index contributed by atoms with van der Waals surface area (Å²) in [5.74, 6) is 0.779. The Bertz CT molecular complexity index is 945. The molecule has 32 heavy (non-hydrogen) atoms. The number of methoxy groups -OCH3 is 1. The fourth-order valence-electron chi connectivity index (χ4n) is 3.75. The number of carbonyl (C=O) groups excluding carboxylic acids is 3. The fourth-order valence-corrected chi connectivity index (χ4v) is 3.75. The lowest BCUT2D eigenvalue weighted by molar-refractivity contribution is -0.134. The predicted molar refractivity (Wildman–Crippen MR) is 122 cm³/mol. The number of amides is 2. The predicted octanol–water partition coefficient (Wildman–Crippen LogP) is 3.93. The number of hydrogen-bond donors (Lipinski definition) is 1. The third-order valence-electron chi connectivity index (χ3n) is 5.55. The van der Waals surface area contributed by atoms with E-state index in [9.17, 15) is 14.4 Å². The minimum absolute atomic E-state index is 0.0321. The molecule has 2 amide bonds. The summed E-state index contributed by atoms with van der Waals surface area (Å²) >= 11 is 0. The summed E-state index contributed by atoms with van der Waals surface area (Å²) in [5.41, 5.74) is 1.32. The highest BCUT2D eigenvalue weighted by Gasteiger charge is 2.28. The second-order valence-corrected chi connectivity index (χ2v) is 7.91. The highest BCUT2D eigenvalue weighted by atomic mass is 16.5. The van der Waals surface area contributed by atoms with E-state index in [4.69, 9.17) is 9.47 Å². The number of carbonyl (C=O) groups is 3. The number of ether oxygens (including phenoxy) is 2. The molecule has 0 aromatic heterocycles. The highest BCUT2D eigenvalue weighted by molar-refractivity contribution is 5.94. The summed E-state index contributed by atoms with van der Waals surface area (Å²) in [7, 11) is 1.52. The summed E-state index contributed by atoms with van der Waals surface area (Å²) < 4.78 is 11.1. The van der Waals surface area contributed by atoms with Crippen molar-refractivity contribution in [2.24, 2.45) is 5.92 Å². The number of ketones is 1. The van der Waals surface area contributed by atoms with Crippen LogP contribution in [0.3, 0.4) is 0 Å². The summed E-state index contributed by atoms with van der Waals surface area (Å²) in [6.45, 7) is 2.97. The van der Waals surface area contributed by atoms with Gasteiger partial charge in [-0.05, 0) is 56.5 Å². The summed E-state index contributed by atoms with van der Waals surface area (Å²) in [6, 6.07) is 14.4. The van der Waals surface area contributed by atoms with E-state index < -0.39 is 0 Å². The van der Waals surface area contributed by atoms with Crippen LogP contribution >= 0.6 is 0 Å². The standard InChI is InChI=1S/C25H30N2O5/c1-18(28)19-12-13-22(23(16-19)31-2)32-15-7-11-24(29)27-14-6-8-20(17-27)25(30)26-21-9-4-3-5-10-21/h3-5,9-10,12-13,16,20H,6-8,11,14-15,17H2,1-2H3,(H,26,30). The Balaban J connectivity index is 1.45. The van der Waals surface area contributed by atoms with Gasteiger partial charge in [-0.25, -0.2) is 0 Å². The number of piperidine rings is 1. The van der Waals surface area contributed by atoms with Gasteiger partial charge in [0, 0.05) is 30.8 Å². The molecule has 1 atom stereocenters. The van der Waals surface area contributed by atoms with Gasteiger partial charge in [-0.3, -0.25) is 14.4 Å². The van der Waals surface area contributed by atoms with Crippen LogP contribution in [0.5, 0.6) is 11.5 Å². The van der Waals surface area contributed by atoms with Crippen LogP contribution in [-0.4, -0.2) is 49.3 Å². The molecule has 2 aromatic rings. The van der Waals surface area contributed by atoms with Gasteiger partial charge in [0.25, 0.3) is 0 Å². The molecule has 1 unspecified atom stereocenters. The molecule has 0 radical (unpaired) electrons. The first-order valence-corrected chi connectivity index (χ1v) is 10.9. The average Bonchev–Trinajstić information content (AvgIpc) is 2.82. The van der Waals surface area contributed by atoms with Crippen molar-refractivity contribution in [3.05, 3.63) is 54.1 Å². The second kappa shape index (κ2) is 11.3. The topological polar surface area (TPSA) is 84.9 Å². The number of rotatable bonds is 9. The quantitative estimate of drug-likeness (QED) is 0.474. The third-order valence-corrected chi connectivity index (χ3v) is 5.55. The zero-order valence-electron chi connectivity index (χ0n) is 18.6. The molecule has 1 aliphatic heterocycles. The van der Waals surface area contributed by atoms with Crippen molar-refractivity contribution < 1.29 is 23.9 Å². The van der Waals surface area contributed by atoms with Gasteiger partial charge in [-0.2, -0.15) is 0 Å². The van der Waals surface area contributed by atoms with Crippen molar-refractivity contribution >= 4 is 23.3 Å². The molecule has 2 aromatic carbocycles. The van der Waals surface area contributed by atoms with Crippen LogP contribution < -0.4 is 14.8 Å². The van der Waals surface area contributed by atoms with E-state index in [1.54, 1.807) is 23.1 Å². The van der Waals surface area contributed by atoms with Gasteiger partial charge in [0.2, 0.25) is 11.8 Å². The fraction of sp³-hybridized carbons (Fsp3) is 0.400. The van der Waals surface area contributed by atoms with Gasteiger partial charge >= 0.3 is 0 Å². The molecule has 0 bridgehead atoms. The Morgan fingerprint density at radius 2 is 1.88 bits per heavy atom. The first-order valence-electron chi connectivity index (χ1n) is 10.9. The SMILES string of the molecule is COc1cc(C(C)=O)ccc1OCCCC(=O)N1CCCC(C(=O)Nc2ccccc2)C1. The Morgan fingerprint density at radius 1 is 1.09 bits per heavy atom. The molecule has 1 N–H and O–H groups in total. The molecule has 170 valence electrons. The van der Waals surface area contributed by atoms with E-state index in [1.807, 2.05) is 30.3 Å². The molecule has 1 heterocycles. The van der Waals surface area contributed by atoms with E-state index in [1.165, 1.54) is 14.0 Å². The normalized spacial score (nSPS) is 15.7. The van der Waals surface area contributed by atoms with Crippen LogP contribution in [0, 0.1) is 5.92 Å². The molecule has 0 spiro atoms.